The molecule has 11 rings (SSSR count). The molecular weight excluding hydrogens is 669 g/mol. The van der Waals surface area contributed by atoms with Crippen LogP contribution < -0.4 is 10.2 Å². The third-order valence-corrected chi connectivity index (χ3v) is 11.5. The molecular formula is C51H38N4. The maximum atomic E-state index is 3.89. The fraction of sp³-hybridized carbons (Fsp3) is 0.0588. The molecule has 4 heterocycles. The SMILES string of the molecule is CN1CC=CC2=C1c1ccccc1NC2c1cccc(-c2cccc(N3c4ccccc4-c4c(n(-c5ccccc5)c5ccccc45)-c4ccccc43)c2)c1. The number of aromatic nitrogens is 1. The van der Waals surface area contributed by atoms with Gasteiger partial charge < -0.3 is 19.7 Å². The molecule has 1 aromatic heterocycles. The molecule has 0 fully saturated rings. The van der Waals surface area contributed by atoms with Gasteiger partial charge in [-0.1, -0.05) is 133 Å². The number of para-hydroxylation sites is 5. The Morgan fingerprint density at radius 2 is 1.22 bits per heavy atom. The Kier molecular flexibility index (Phi) is 7.17. The molecule has 4 heteroatoms. The van der Waals surface area contributed by atoms with E-state index in [9.17, 15) is 0 Å². The minimum absolute atomic E-state index is 0.0419. The van der Waals surface area contributed by atoms with Crippen LogP contribution in [-0.2, 0) is 0 Å². The van der Waals surface area contributed by atoms with Crippen LogP contribution >= 0.6 is 0 Å². The molecule has 0 bridgehead atoms. The monoisotopic (exact) mass is 706 g/mol. The lowest BCUT2D eigenvalue weighted by Gasteiger charge is -2.37. The minimum atomic E-state index is 0.0419. The molecule has 8 aromatic rings. The van der Waals surface area contributed by atoms with Gasteiger partial charge >= 0.3 is 0 Å². The average molecular weight is 707 g/mol. The normalized spacial score (nSPS) is 15.4. The number of likely N-dealkylation sites (N-methyl/N-ethyl adjacent to an activating group) is 1. The zero-order valence-corrected chi connectivity index (χ0v) is 30.5. The third kappa shape index (κ3) is 4.92. The zero-order chi connectivity index (χ0) is 36.5. The second kappa shape index (κ2) is 12.5. The maximum absolute atomic E-state index is 3.89. The van der Waals surface area contributed by atoms with Crippen molar-refractivity contribution in [3.8, 4) is 39.2 Å². The van der Waals surface area contributed by atoms with Crippen molar-refractivity contribution in [1.29, 1.82) is 0 Å². The number of hydrogen-bond acceptors (Lipinski definition) is 3. The molecule has 0 saturated heterocycles. The first-order valence-electron chi connectivity index (χ1n) is 19.1. The number of nitrogens with one attached hydrogen (secondary N) is 1. The molecule has 0 spiro atoms. The number of nitrogens with zero attached hydrogens (tertiary/aromatic N) is 3. The van der Waals surface area contributed by atoms with Crippen LogP contribution in [0.4, 0.5) is 22.7 Å². The quantitative estimate of drug-likeness (QED) is 0.197. The summed E-state index contributed by atoms with van der Waals surface area (Å²) >= 11 is 0. The Morgan fingerprint density at radius 3 is 2.07 bits per heavy atom. The van der Waals surface area contributed by atoms with Crippen molar-refractivity contribution >= 4 is 39.3 Å². The van der Waals surface area contributed by atoms with Crippen LogP contribution in [0.1, 0.15) is 17.2 Å². The lowest BCUT2D eigenvalue weighted by Crippen LogP contribution is -2.29. The van der Waals surface area contributed by atoms with Crippen molar-refractivity contribution in [3.63, 3.8) is 0 Å². The van der Waals surface area contributed by atoms with Gasteiger partial charge in [-0.2, -0.15) is 0 Å². The summed E-state index contributed by atoms with van der Waals surface area (Å²) in [7, 11) is 2.20. The van der Waals surface area contributed by atoms with E-state index in [0.717, 1.165) is 29.3 Å². The van der Waals surface area contributed by atoms with Crippen LogP contribution in [0.25, 0.3) is 55.8 Å². The fourth-order valence-electron chi connectivity index (χ4n) is 9.13. The lowest BCUT2D eigenvalue weighted by atomic mass is 9.86. The Bertz CT molecular complexity index is 2860. The first-order chi connectivity index (χ1) is 27.2. The molecule has 262 valence electrons. The molecule has 7 aromatic carbocycles. The van der Waals surface area contributed by atoms with E-state index in [2.05, 4.69) is 215 Å². The van der Waals surface area contributed by atoms with E-state index in [-0.39, 0.29) is 6.04 Å². The molecule has 0 saturated carbocycles. The average Bonchev–Trinajstić information content (AvgIpc) is 3.53. The highest BCUT2D eigenvalue weighted by atomic mass is 15.2. The van der Waals surface area contributed by atoms with Gasteiger partial charge in [0.1, 0.15) is 0 Å². The van der Waals surface area contributed by atoms with Crippen molar-refractivity contribution in [3.05, 3.63) is 205 Å². The lowest BCUT2D eigenvalue weighted by molar-refractivity contribution is 0.521. The molecule has 0 radical (unpaired) electrons. The van der Waals surface area contributed by atoms with Gasteiger partial charge in [-0.3, -0.25) is 0 Å². The molecule has 0 amide bonds. The highest BCUT2D eigenvalue weighted by Gasteiger charge is 2.32. The van der Waals surface area contributed by atoms with E-state index in [4.69, 9.17) is 0 Å². The summed E-state index contributed by atoms with van der Waals surface area (Å²) in [6, 6.07) is 64.2. The summed E-state index contributed by atoms with van der Waals surface area (Å²) < 4.78 is 2.45. The summed E-state index contributed by atoms with van der Waals surface area (Å²) in [6.07, 6.45) is 4.58. The predicted molar refractivity (Wildman–Crippen MR) is 229 cm³/mol. The van der Waals surface area contributed by atoms with E-state index in [1.165, 1.54) is 72.5 Å². The number of fused-ring (bicyclic) bond motifs is 9. The van der Waals surface area contributed by atoms with Gasteiger partial charge in [-0.25, -0.2) is 0 Å². The van der Waals surface area contributed by atoms with Gasteiger partial charge in [0.15, 0.2) is 0 Å². The summed E-state index contributed by atoms with van der Waals surface area (Å²) in [6.45, 7) is 0.908. The van der Waals surface area contributed by atoms with Crippen LogP contribution in [0, 0.1) is 0 Å². The Hall–Kier alpha value is -7.04. The van der Waals surface area contributed by atoms with Crippen LogP contribution in [0.3, 0.4) is 0 Å². The smallest absolute Gasteiger partial charge is 0.0788 e. The van der Waals surface area contributed by atoms with Gasteiger partial charge in [0.25, 0.3) is 0 Å². The van der Waals surface area contributed by atoms with E-state index in [0.29, 0.717) is 0 Å². The van der Waals surface area contributed by atoms with Gasteiger partial charge in [0.2, 0.25) is 0 Å². The fourth-order valence-corrected chi connectivity index (χ4v) is 9.13. The zero-order valence-electron chi connectivity index (χ0n) is 30.5. The summed E-state index contributed by atoms with van der Waals surface area (Å²) in [5, 5.41) is 5.14. The standard InChI is InChI=1S/C51H38N4/c1-53-31-15-26-43-49(52-44-27-9-5-22-39(44)50(43)53)36-18-13-16-34(32-36)35-17-14-21-38(33-35)54-45-28-10-6-23-40(45)48-41-24-7-11-29-46(41)55(37-19-3-2-4-20-37)51(48)42-25-8-12-30-47(42)54/h2-30,32-33,49,52H,31H2,1H3. The Labute approximate surface area is 321 Å². The summed E-state index contributed by atoms with van der Waals surface area (Å²) in [4.78, 5) is 4.83. The van der Waals surface area contributed by atoms with E-state index < -0.39 is 0 Å². The van der Waals surface area contributed by atoms with Crippen molar-refractivity contribution < 1.29 is 0 Å². The Morgan fingerprint density at radius 1 is 0.564 bits per heavy atom. The van der Waals surface area contributed by atoms with Crippen LogP contribution in [0.2, 0.25) is 0 Å². The molecule has 1 atom stereocenters. The molecule has 1 unspecified atom stereocenters. The minimum Gasteiger partial charge on any atom is -0.374 e. The highest BCUT2D eigenvalue weighted by Crippen LogP contribution is 2.54. The first kappa shape index (κ1) is 31.5. The van der Waals surface area contributed by atoms with Gasteiger partial charge in [-0.15, -0.1) is 0 Å². The van der Waals surface area contributed by atoms with E-state index in [1.54, 1.807) is 0 Å². The molecule has 4 nitrogen and oxygen atoms in total. The number of anilines is 4. The van der Waals surface area contributed by atoms with Crippen LogP contribution in [0.5, 0.6) is 0 Å². The first-order valence-corrected chi connectivity index (χ1v) is 19.1. The van der Waals surface area contributed by atoms with Crippen LogP contribution in [-0.4, -0.2) is 23.1 Å². The van der Waals surface area contributed by atoms with Gasteiger partial charge in [0.05, 0.1) is 34.3 Å². The third-order valence-electron chi connectivity index (χ3n) is 11.5. The molecule has 3 aliphatic heterocycles. The highest BCUT2D eigenvalue weighted by molar-refractivity contribution is 6.13. The molecule has 55 heavy (non-hydrogen) atoms. The van der Waals surface area contributed by atoms with E-state index >= 15 is 0 Å². The van der Waals surface area contributed by atoms with Gasteiger partial charge in [-0.05, 0) is 71.3 Å². The predicted octanol–water partition coefficient (Wildman–Crippen LogP) is 12.8. The molecule has 1 N–H and O–H groups in total. The molecule has 0 aliphatic carbocycles. The molecule has 3 aliphatic rings. The van der Waals surface area contributed by atoms with Crippen molar-refractivity contribution in [2.24, 2.45) is 0 Å². The summed E-state index contributed by atoms with van der Waals surface area (Å²) in [5.74, 6) is 0. The topological polar surface area (TPSA) is 23.4 Å². The van der Waals surface area contributed by atoms with Gasteiger partial charge in [0, 0.05) is 63.9 Å². The second-order valence-corrected chi connectivity index (χ2v) is 14.7. The number of hydrogen-bond donors (Lipinski definition) is 1. The van der Waals surface area contributed by atoms with Crippen LogP contribution in [0.15, 0.2) is 194 Å². The summed E-state index contributed by atoms with van der Waals surface area (Å²) in [5.41, 5.74) is 19.3. The maximum Gasteiger partial charge on any atom is 0.0788 e. The second-order valence-electron chi connectivity index (χ2n) is 14.7. The number of benzene rings is 7. The van der Waals surface area contributed by atoms with Crippen molar-refractivity contribution in [2.75, 3.05) is 23.8 Å². The largest absolute Gasteiger partial charge is 0.374 e. The Balaban J connectivity index is 1.07. The van der Waals surface area contributed by atoms with Crippen molar-refractivity contribution in [1.82, 2.24) is 9.47 Å². The van der Waals surface area contributed by atoms with E-state index in [1.807, 2.05) is 0 Å². The number of rotatable bonds is 4. The van der Waals surface area contributed by atoms with Crippen molar-refractivity contribution in [2.45, 2.75) is 6.04 Å².